The van der Waals surface area contributed by atoms with E-state index in [0.29, 0.717) is 10.8 Å². The van der Waals surface area contributed by atoms with Crippen molar-refractivity contribution in [3.8, 4) is 16.9 Å². The fourth-order valence-corrected chi connectivity index (χ4v) is 3.62. The molecule has 4 aromatic rings. The summed E-state index contributed by atoms with van der Waals surface area (Å²) in [5, 5.41) is 20.0. The average molecular weight is 382 g/mol. The van der Waals surface area contributed by atoms with Crippen LogP contribution in [-0.2, 0) is 6.54 Å². The van der Waals surface area contributed by atoms with Gasteiger partial charge in [0, 0.05) is 16.3 Å². The lowest BCUT2D eigenvalue weighted by Crippen LogP contribution is -2.28. The Balaban J connectivity index is 1.33. The van der Waals surface area contributed by atoms with E-state index in [1.165, 1.54) is 11.3 Å². The molecule has 0 aliphatic heterocycles. The van der Waals surface area contributed by atoms with Crippen LogP contribution in [0.1, 0.15) is 5.69 Å². The third kappa shape index (κ3) is 3.79. The van der Waals surface area contributed by atoms with Crippen LogP contribution in [0.5, 0.6) is 0 Å². The van der Waals surface area contributed by atoms with Crippen LogP contribution in [0, 0.1) is 0 Å². The van der Waals surface area contributed by atoms with Crippen LogP contribution >= 0.6 is 22.7 Å². The number of anilines is 1. The van der Waals surface area contributed by atoms with E-state index >= 15 is 0 Å². The molecular formula is C17H14N6OS2. The molecule has 7 nitrogen and oxygen atoms in total. The maximum absolute atomic E-state index is 12.1. The largest absolute Gasteiger partial charge is 0.332 e. The second-order valence-corrected chi connectivity index (χ2v) is 6.99. The van der Waals surface area contributed by atoms with Gasteiger partial charge in [0.05, 0.1) is 24.1 Å². The van der Waals surface area contributed by atoms with Crippen LogP contribution in [0.2, 0.25) is 0 Å². The number of carbonyl (C=O) groups is 1. The smallest absolute Gasteiger partial charge is 0.321 e. The summed E-state index contributed by atoms with van der Waals surface area (Å²) in [6, 6.07) is 11.5. The topological polar surface area (TPSA) is 84.7 Å². The molecule has 0 aliphatic rings. The highest BCUT2D eigenvalue weighted by molar-refractivity contribution is 7.14. The van der Waals surface area contributed by atoms with E-state index in [4.69, 9.17) is 0 Å². The zero-order valence-corrected chi connectivity index (χ0v) is 15.1. The molecule has 2 N–H and O–H groups in total. The third-order valence-corrected chi connectivity index (χ3v) is 4.96. The highest BCUT2D eigenvalue weighted by Gasteiger charge is 2.09. The molecule has 0 spiro atoms. The molecule has 0 aliphatic carbocycles. The van der Waals surface area contributed by atoms with Gasteiger partial charge < -0.3 is 5.32 Å². The van der Waals surface area contributed by atoms with Crippen LogP contribution in [0.15, 0.2) is 58.7 Å². The number of thiazole rings is 1. The predicted molar refractivity (Wildman–Crippen MR) is 103 cm³/mol. The summed E-state index contributed by atoms with van der Waals surface area (Å²) in [4.78, 5) is 16.5. The third-order valence-electron chi connectivity index (χ3n) is 3.54. The molecule has 130 valence electrons. The Kier molecular flexibility index (Phi) is 4.71. The maximum atomic E-state index is 12.1. The lowest BCUT2D eigenvalue weighted by Gasteiger charge is -2.02. The fraction of sp³-hybridized carbons (Fsp3) is 0.0588. The average Bonchev–Trinajstić information content (AvgIpc) is 3.41. The Morgan fingerprint density at radius 3 is 2.85 bits per heavy atom. The molecule has 9 heteroatoms. The fourth-order valence-electron chi connectivity index (χ4n) is 2.28. The first-order chi connectivity index (χ1) is 12.8. The van der Waals surface area contributed by atoms with E-state index in [0.717, 1.165) is 16.9 Å². The minimum Gasteiger partial charge on any atom is -0.332 e. The number of nitrogens with zero attached hydrogens (tertiary/aromatic N) is 4. The first kappa shape index (κ1) is 16.4. The van der Waals surface area contributed by atoms with Crippen molar-refractivity contribution in [2.45, 2.75) is 6.54 Å². The molecule has 0 saturated carbocycles. The van der Waals surface area contributed by atoms with Gasteiger partial charge in [0.2, 0.25) is 0 Å². The van der Waals surface area contributed by atoms with Crippen LogP contribution in [0.4, 0.5) is 9.93 Å². The van der Waals surface area contributed by atoms with Gasteiger partial charge in [0.1, 0.15) is 5.69 Å². The highest BCUT2D eigenvalue weighted by Crippen LogP contribution is 2.24. The predicted octanol–water partition coefficient (Wildman–Crippen LogP) is 3.77. The summed E-state index contributed by atoms with van der Waals surface area (Å²) in [7, 11) is 0. The Labute approximate surface area is 157 Å². The second-order valence-electron chi connectivity index (χ2n) is 5.35. The van der Waals surface area contributed by atoms with Crippen LogP contribution in [-0.4, -0.2) is 26.0 Å². The summed E-state index contributed by atoms with van der Waals surface area (Å²) in [6.45, 7) is 0.285. The quantitative estimate of drug-likeness (QED) is 0.550. The second kappa shape index (κ2) is 7.46. The molecule has 0 saturated heterocycles. The number of hydrogen-bond acceptors (Lipinski definition) is 6. The number of aromatic nitrogens is 4. The minimum atomic E-state index is -0.330. The number of nitrogens with one attached hydrogen (secondary N) is 2. The van der Waals surface area contributed by atoms with Crippen molar-refractivity contribution in [1.29, 1.82) is 0 Å². The molecule has 1 aromatic carbocycles. The monoisotopic (exact) mass is 382 g/mol. The Morgan fingerprint density at radius 2 is 2.04 bits per heavy atom. The van der Waals surface area contributed by atoms with Crippen LogP contribution < -0.4 is 10.6 Å². The van der Waals surface area contributed by atoms with Crippen molar-refractivity contribution in [3.63, 3.8) is 0 Å². The van der Waals surface area contributed by atoms with E-state index in [-0.39, 0.29) is 12.6 Å². The normalized spacial score (nSPS) is 10.6. The molecule has 4 rings (SSSR count). The van der Waals surface area contributed by atoms with Crippen LogP contribution in [0.3, 0.4) is 0 Å². The zero-order valence-electron chi connectivity index (χ0n) is 13.5. The van der Waals surface area contributed by atoms with Crippen molar-refractivity contribution < 1.29 is 4.79 Å². The molecular weight excluding hydrogens is 368 g/mol. The van der Waals surface area contributed by atoms with Gasteiger partial charge in [-0.2, -0.15) is 11.3 Å². The minimum absolute atomic E-state index is 0.285. The standard InChI is InChI=1S/C17H14N6OS2/c24-16(18-8-13-9-23(22-21-13)14-6-7-25-10-14)20-17-19-15(11-26-17)12-4-2-1-3-5-12/h1-7,9-11H,8H2,(H2,18,19,20,24). The summed E-state index contributed by atoms with van der Waals surface area (Å²) in [5.41, 5.74) is 3.48. The number of benzene rings is 1. The zero-order chi connectivity index (χ0) is 17.8. The molecule has 2 amide bonds. The van der Waals surface area contributed by atoms with Crippen molar-refractivity contribution in [1.82, 2.24) is 25.3 Å². The van der Waals surface area contributed by atoms with Crippen LogP contribution in [0.25, 0.3) is 16.9 Å². The Hall–Kier alpha value is -3.04. The molecule has 3 heterocycles. The first-order valence-corrected chi connectivity index (χ1v) is 9.60. The summed E-state index contributed by atoms with van der Waals surface area (Å²) >= 11 is 2.97. The van der Waals surface area contributed by atoms with E-state index in [1.807, 2.05) is 52.5 Å². The van der Waals surface area contributed by atoms with Crippen molar-refractivity contribution in [3.05, 3.63) is 64.4 Å². The molecule has 0 fully saturated rings. The van der Waals surface area contributed by atoms with E-state index in [2.05, 4.69) is 25.9 Å². The Bertz CT molecular complexity index is 993. The van der Waals surface area contributed by atoms with Gasteiger partial charge in [0.25, 0.3) is 0 Å². The number of urea groups is 1. The molecule has 0 unspecified atom stereocenters. The van der Waals surface area contributed by atoms with Crippen molar-refractivity contribution in [2.75, 3.05) is 5.32 Å². The summed E-state index contributed by atoms with van der Waals surface area (Å²) in [5.74, 6) is 0. The lowest BCUT2D eigenvalue weighted by atomic mass is 10.2. The number of carbonyl (C=O) groups excluding carboxylic acids is 1. The number of amides is 2. The summed E-state index contributed by atoms with van der Waals surface area (Å²) < 4.78 is 1.68. The maximum Gasteiger partial charge on any atom is 0.321 e. The Morgan fingerprint density at radius 1 is 1.15 bits per heavy atom. The van der Waals surface area contributed by atoms with Crippen molar-refractivity contribution in [2.24, 2.45) is 0 Å². The molecule has 3 aromatic heterocycles. The molecule has 0 atom stereocenters. The lowest BCUT2D eigenvalue weighted by molar-refractivity contribution is 0.251. The van der Waals surface area contributed by atoms with Gasteiger partial charge >= 0.3 is 6.03 Å². The van der Waals surface area contributed by atoms with Gasteiger partial charge in [-0.05, 0) is 11.4 Å². The van der Waals surface area contributed by atoms with Crippen molar-refractivity contribution >= 4 is 33.8 Å². The molecule has 0 radical (unpaired) electrons. The highest BCUT2D eigenvalue weighted by atomic mass is 32.1. The number of hydrogen-bond donors (Lipinski definition) is 2. The number of rotatable bonds is 5. The van der Waals surface area contributed by atoms with E-state index in [1.54, 1.807) is 22.2 Å². The number of thiophene rings is 1. The van der Waals surface area contributed by atoms with Gasteiger partial charge in [-0.25, -0.2) is 14.5 Å². The molecule has 0 bridgehead atoms. The van der Waals surface area contributed by atoms with Gasteiger partial charge in [-0.15, -0.1) is 16.4 Å². The first-order valence-electron chi connectivity index (χ1n) is 7.77. The van der Waals surface area contributed by atoms with Gasteiger partial charge in [-0.3, -0.25) is 5.32 Å². The summed E-state index contributed by atoms with van der Waals surface area (Å²) in [6.07, 6.45) is 1.79. The molecule has 26 heavy (non-hydrogen) atoms. The van der Waals surface area contributed by atoms with Gasteiger partial charge in [-0.1, -0.05) is 35.5 Å². The SMILES string of the molecule is O=C(NCc1cn(-c2ccsc2)nn1)Nc1nc(-c2ccccc2)cs1. The van der Waals surface area contributed by atoms with Gasteiger partial charge in [0.15, 0.2) is 5.13 Å². The van der Waals surface area contributed by atoms with E-state index in [9.17, 15) is 4.79 Å². The van der Waals surface area contributed by atoms with E-state index < -0.39 is 0 Å².